The van der Waals surface area contributed by atoms with Crippen LogP contribution in [0.5, 0.6) is 0 Å². The van der Waals surface area contributed by atoms with E-state index in [1.807, 2.05) is 7.05 Å². The second-order valence-electron chi connectivity index (χ2n) is 7.07. The minimum Gasteiger partial charge on any atom is -0.370 e. The first-order chi connectivity index (χ1) is 14.0. The van der Waals surface area contributed by atoms with Crippen LogP contribution in [0, 0.1) is 11.6 Å². The van der Waals surface area contributed by atoms with Crippen LogP contribution in [0.3, 0.4) is 0 Å². The number of aromatic nitrogens is 2. The number of carbonyl (C=O) groups is 1. The van der Waals surface area contributed by atoms with Gasteiger partial charge in [0.05, 0.1) is 18.9 Å². The Kier molecular flexibility index (Phi) is 5.40. The second kappa shape index (κ2) is 8.13. The van der Waals surface area contributed by atoms with E-state index in [-0.39, 0.29) is 24.9 Å². The lowest BCUT2D eigenvalue weighted by atomic mass is 10.0. The summed E-state index contributed by atoms with van der Waals surface area (Å²) in [5.41, 5.74) is 3.54. The highest BCUT2D eigenvalue weighted by atomic mass is 19.1. The van der Waals surface area contributed by atoms with Crippen molar-refractivity contribution < 1.29 is 18.3 Å². The van der Waals surface area contributed by atoms with Crippen molar-refractivity contribution in [2.45, 2.75) is 26.2 Å². The quantitative estimate of drug-likeness (QED) is 0.661. The van der Waals surface area contributed by atoms with Crippen LogP contribution < -0.4 is 0 Å². The van der Waals surface area contributed by atoms with Gasteiger partial charge in [-0.05, 0) is 24.3 Å². The summed E-state index contributed by atoms with van der Waals surface area (Å²) in [4.78, 5) is 14.5. The zero-order chi connectivity index (χ0) is 20.4. The minimum absolute atomic E-state index is 0.143. The van der Waals surface area contributed by atoms with Crippen molar-refractivity contribution in [1.82, 2.24) is 14.7 Å². The molecule has 29 heavy (non-hydrogen) atoms. The third kappa shape index (κ3) is 4.05. The normalized spacial score (nSPS) is 13.4. The molecule has 1 aliphatic rings. The molecule has 0 N–H and O–H groups in total. The van der Waals surface area contributed by atoms with Crippen molar-refractivity contribution >= 4 is 5.91 Å². The standard InChI is InChI=1S/C22H21F2N3O2/c1-26-21-9-10-27(22(28)15-6-4-7-17(23)11-15)12-18(21)20(25-26)14-29-13-16-5-2-3-8-19(16)24/h2-8,11H,9-10,12-14H2,1H3. The smallest absolute Gasteiger partial charge is 0.254 e. The van der Waals surface area contributed by atoms with Crippen LogP contribution in [0.4, 0.5) is 8.78 Å². The number of fused-ring (bicyclic) bond motifs is 1. The van der Waals surface area contributed by atoms with Gasteiger partial charge in [-0.3, -0.25) is 9.48 Å². The number of hydrogen-bond acceptors (Lipinski definition) is 3. The molecule has 0 saturated carbocycles. The molecule has 0 atom stereocenters. The Morgan fingerprint density at radius 2 is 1.97 bits per heavy atom. The first-order valence-electron chi connectivity index (χ1n) is 9.42. The van der Waals surface area contributed by atoms with Gasteiger partial charge in [0.15, 0.2) is 0 Å². The molecule has 1 aliphatic heterocycles. The van der Waals surface area contributed by atoms with Gasteiger partial charge >= 0.3 is 0 Å². The lowest BCUT2D eigenvalue weighted by Gasteiger charge is -2.28. The molecule has 5 nitrogen and oxygen atoms in total. The van der Waals surface area contributed by atoms with E-state index in [1.54, 1.807) is 33.8 Å². The highest BCUT2D eigenvalue weighted by Crippen LogP contribution is 2.24. The molecular weight excluding hydrogens is 376 g/mol. The highest BCUT2D eigenvalue weighted by molar-refractivity contribution is 5.94. The topological polar surface area (TPSA) is 47.4 Å². The molecule has 0 bridgehead atoms. The molecule has 1 amide bonds. The average molecular weight is 397 g/mol. The predicted molar refractivity (Wildman–Crippen MR) is 103 cm³/mol. The molecule has 4 rings (SSSR count). The zero-order valence-electron chi connectivity index (χ0n) is 16.1. The van der Waals surface area contributed by atoms with Crippen molar-refractivity contribution in [1.29, 1.82) is 0 Å². The number of benzene rings is 2. The van der Waals surface area contributed by atoms with E-state index < -0.39 is 5.82 Å². The van der Waals surface area contributed by atoms with E-state index in [0.717, 1.165) is 17.0 Å². The van der Waals surface area contributed by atoms with Gasteiger partial charge in [-0.25, -0.2) is 8.78 Å². The summed E-state index contributed by atoms with van der Waals surface area (Å²) >= 11 is 0. The molecular formula is C22H21F2N3O2. The molecule has 3 aromatic rings. The van der Waals surface area contributed by atoms with Gasteiger partial charge in [0.25, 0.3) is 5.91 Å². The summed E-state index contributed by atoms with van der Waals surface area (Å²) in [7, 11) is 1.86. The minimum atomic E-state index is -0.433. The van der Waals surface area contributed by atoms with Crippen LogP contribution in [0.25, 0.3) is 0 Å². The van der Waals surface area contributed by atoms with E-state index >= 15 is 0 Å². The highest BCUT2D eigenvalue weighted by Gasteiger charge is 2.27. The summed E-state index contributed by atoms with van der Waals surface area (Å²) in [6, 6.07) is 12.2. The molecule has 0 radical (unpaired) electrons. The Morgan fingerprint density at radius 1 is 1.14 bits per heavy atom. The summed E-state index contributed by atoms with van der Waals surface area (Å²) in [5, 5.41) is 4.53. The van der Waals surface area contributed by atoms with Crippen LogP contribution >= 0.6 is 0 Å². The van der Waals surface area contributed by atoms with E-state index in [9.17, 15) is 13.6 Å². The first kappa shape index (κ1) is 19.3. The summed E-state index contributed by atoms with van der Waals surface area (Å²) in [6.07, 6.45) is 0.660. The Labute approximate surface area is 167 Å². The maximum atomic E-state index is 13.8. The van der Waals surface area contributed by atoms with Crippen molar-refractivity contribution in [3.63, 3.8) is 0 Å². The number of ether oxygens (including phenoxy) is 1. The van der Waals surface area contributed by atoms with E-state index in [2.05, 4.69) is 5.10 Å². The van der Waals surface area contributed by atoms with Gasteiger partial charge in [0.2, 0.25) is 0 Å². The number of halogens is 2. The molecule has 7 heteroatoms. The number of amides is 1. The van der Waals surface area contributed by atoms with Crippen molar-refractivity contribution in [2.24, 2.45) is 7.05 Å². The fourth-order valence-corrected chi connectivity index (χ4v) is 3.64. The Morgan fingerprint density at radius 3 is 2.76 bits per heavy atom. The number of hydrogen-bond donors (Lipinski definition) is 0. The van der Waals surface area contributed by atoms with Crippen LogP contribution in [0.2, 0.25) is 0 Å². The lowest BCUT2D eigenvalue weighted by molar-refractivity contribution is 0.0727. The van der Waals surface area contributed by atoms with Crippen molar-refractivity contribution in [2.75, 3.05) is 6.54 Å². The third-order valence-corrected chi connectivity index (χ3v) is 5.14. The Balaban J connectivity index is 1.47. The molecule has 0 saturated heterocycles. The SMILES string of the molecule is Cn1nc(COCc2ccccc2F)c2c1CCN(C(=O)c1cccc(F)c1)C2. The molecule has 150 valence electrons. The maximum absolute atomic E-state index is 13.8. The van der Waals surface area contributed by atoms with Crippen LogP contribution in [0.1, 0.15) is 32.9 Å². The monoisotopic (exact) mass is 397 g/mol. The fraction of sp³-hybridized carbons (Fsp3) is 0.273. The van der Waals surface area contributed by atoms with Gasteiger partial charge in [-0.1, -0.05) is 24.3 Å². The van der Waals surface area contributed by atoms with Crippen LogP contribution in [-0.4, -0.2) is 27.1 Å². The lowest BCUT2D eigenvalue weighted by Crippen LogP contribution is -2.36. The number of carbonyl (C=O) groups excluding carboxylic acids is 1. The molecule has 0 aliphatic carbocycles. The molecule has 0 spiro atoms. The van der Waals surface area contributed by atoms with Gasteiger partial charge in [-0.15, -0.1) is 0 Å². The number of aryl methyl sites for hydroxylation is 1. The van der Waals surface area contributed by atoms with E-state index in [4.69, 9.17) is 4.74 Å². The molecule has 2 heterocycles. The average Bonchev–Trinajstić information content (AvgIpc) is 3.04. The Bertz CT molecular complexity index is 1050. The number of rotatable bonds is 5. The number of nitrogens with zero attached hydrogens (tertiary/aromatic N) is 3. The molecule has 1 aromatic heterocycles. The summed E-state index contributed by atoms with van der Waals surface area (Å²) in [6.45, 7) is 1.29. The largest absolute Gasteiger partial charge is 0.370 e. The van der Waals surface area contributed by atoms with E-state index in [1.165, 1.54) is 24.3 Å². The van der Waals surface area contributed by atoms with Gasteiger partial charge in [0, 0.05) is 48.9 Å². The molecule has 0 fully saturated rings. The van der Waals surface area contributed by atoms with Crippen molar-refractivity contribution in [3.8, 4) is 0 Å². The maximum Gasteiger partial charge on any atom is 0.254 e. The molecule has 2 aromatic carbocycles. The predicted octanol–water partition coefficient (Wildman–Crippen LogP) is 3.61. The second-order valence-corrected chi connectivity index (χ2v) is 7.07. The zero-order valence-corrected chi connectivity index (χ0v) is 16.1. The van der Waals surface area contributed by atoms with Gasteiger partial charge < -0.3 is 9.64 Å². The molecule has 0 unspecified atom stereocenters. The third-order valence-electron chi connectivity index (χ3n) is 5.14. The van der Waals surface area contributed by atoms with E-state index in [0.29, 0.717) is 30.6 Å². The van der Waals surface area contributed by atoms with Gasteiger partial charge in [0.1, 0.15) is 11.6 Å². The first-order valence-corrected chi connectivity index (χ1v) is 9.42. The van der Waals surface area contributed by atoms with Crippen molar-refractivity contribution in [3.05, 3.63) is 88.2 Å². The fourth-order valence-electron chi connectivity index (χ4n) is 3.64. The Hall–Kier alpha value is -3.06. The van der Waals surface area contributed by atoms with Gasteiger partial charge in [-0.2, -0.15) is 5.10 Å². The summed E-state index contributed by atoms with van der Waals surface area (Å²) < 4.78 is 34.7. The summed E-state index contributed by atoms with van der Waals surface area (Å²) in [5.74, 6) is -0.947. The van der Waals surface area contributed by atoms with Crippen LogP contribution in [0.15, 0.2) is 48.5 Å². The van der Waals surface area contributed by atoms with Crippen LogP contribution in [-0.2, 0) is 38.0 Å².